The van der Waals surface area contributed by atoms with Gasteiger partial charge < -0.3 is 9.72 Å². The van der Waals surface area contributed by atoms with E-state index in [2.05, 4.69) is 31.0 Å². The zero-order chi connectivity index (χ0) is 20.0. The Morgan fingerprint density at radius 3 is 2.86 bits per heavy atom. The number of fused-ring (bicyclic) bond motifs is 2. The zero-order valence-electron chi connectivity index (χ0n) is 16.6. The second-order valence-electron chi connectivity index (χ2n) is 7.67. The standard InChI is InChI=1S/C23H23N3O2S/c1-14-9-10-15(2)21-20(14)25-23(29-21)26(13-16-6-5-11-28-16)22(27)18-12-24-19-8-4-3-7-17(18)19/h3-4,7-10,12,16,24H,5-6,11,13H2,1-2H3. The Labute approximate surface area is 173 Å². The summed E-state index contributed by atoms with van der Waals surface area (Å²) >= 11 is 1.59. The topological polar surface area (TPSA) is 58.2 Å². The van der Waals surface area contributed by atoms with Crippen molar-refractivity contribution < 1.29 is 9.53 Å². The number of aryl methyl sites for hydroxylation is 2. The van der Waals surface area contributed by atoms with Gasteiger partial charge >= 0.3 is 0 Å². The molecule has 6 heteroatoms. The molecule has 5 nitrogen and oxygen atoms in total. The Morgan fingerprint density at radius 1 is 1.24 bits per heavy atom. The number of anilines is 1. The first-order valence-corrected chi connectivity index (χ1v) is 10.8. The van der Waals surface area contributed by atoms with Crippen LogP contribution in [-0.4, -0.2) is 35.1 Å². The minimum atomic E-state index is -0.0349. The van der Waals surface area contributed by atoms with E-state index in [1.165, 1.54) is 5.56 Å². The molecule has 1 aliphatic heterocycles. The summed E-state index contributed by atoms with van der Waals surface area (Å²) in [6.45, 7) is 5.45. The molecule has 1 fully saturated rings. The third-order valence-corrected chi connectivity index (χ3v) is 6.85. The number of thiazole rings is 1. The van der Waals surface area contributed by atoms with Gasteiger partial charge in [-0.2, -0.15) is 0 Å². The Kier molecular flexibility index (Phi) is 4.60. The van der Waals surface area contributed by atoms with Crippen LogP contribution in [0.15, 0.2) is 42.6 Å². The molecule has 1 amide bonds. The highest BCUT2D eigenvalue weighted by molar-refractivity contribution is 7.22. The smallest absolute Gasteiger partial charge is 0.262 e. The van der Waals surface area contributed by atoms with E-state index in [-0.39, 0.29) is 12.0 Å². The van der Waals surface area contributed by atoms with E-state index in [1.54, 1.807) is 17.5 Å². The number of nitrogens with zero attached hydrogens (tertiary/aromatic N) is 2. The minimum Gasteiger partial charge on any atom is -0.376 e. The number of benzene rings is 2. The summed E-state index contributed by atoms with van der Waals surface area (Å²) in [5.74, 6) is -0.0349. The van der Waals surface area contributed by atoms with E-state index in [0.29, 0.717) is 12.1 Å². The van der Waals surface area contributed by atoms with Gasteiger partial charge in [0.05, 0.1) is 28.4 Å². The molecule has 1 N–H and O–H groups in total. The summed E-state index contributed by atoms with van der Waals surface area (Å²) in [4.78, 5) is 23.6. The van der Waals surface area contributed by atoms with Crippen LogP contribution in [0.2, 0.25) is 0 Å². The predicted octanol–water partition coefficient (Wildman–Crippen LogP) is 5.22. The number of hydrogen-bond acceptors (Lipinski definition) is 4. The summed E-state index contributed by atoms with van der Waals surface area (Å²) in [5.41, 5.74) is 4.93. The molecular weight excluding hydrogens is 382 g/mol. The number of carbonyl (C=O) groups is 1. The first-order chi connectivity index (χ1) is 14.1. The van der Waals surface area contributed by atoms with E-state index in [1.807, 2.05) is 29.2 Å². The molecule has 5 rings (SSSR count). The second kappa shape index (κ2) is 7.28. The first kappa shape index (κ1) is 18.3. The number of para-hydroxylation sites is 1. The highest BCUT2D eigenvalue weighted by atomic mass is 32.1. The molecule has 2 aromatic heterocycles. The van der Waals surface area contributed by atoms with E-state index in [9.17, 15) is 4.79 Å². The molecule has 3 heterocycles. The fourth-order valence-corrected chi connectivity index (χ4v) is 5.12. The molecule has 4 aromatic rings. The fraction of sp³-hybridized carbons (Fsp3) is 0.304. The van der Waals surface area contributed by atoms with E-state index < -0.39 is 0 Å². The maximum absolute atomic E-state index is 13.7. The second-order valence-corrected chi connectivity index (χ2v) is 8.65. The maximum atomic E-state index is 13.7. The van der Waals surface area contributed by atoms with Gasteiger partial charge in [-0.1, -0.05) is 41.7 Å². The van der Waals surface area contributed by atoms with Gasteiger partial charge in [-0.3, -0.25) is 9.69 Å². The van der Waals surface area contributed by atoms with Gasteiger partial charge in [-0.15, -0.1) is 0 Å². The van der Waals surface area contributed by atoms with Crippen LogP contribution < -0.4 is 4.90 Å². The summed E-state index contributed by atoms with van der Waals surface area (Å²) in [6, 6.07) is 12.1. The van der Waals surface area contributed by atoms with Crippen LogP contribution in [0.25, 0.3) is 21.1 Å². The number of amides is 1. The third-order valence-electron chi connectivity index (χ3n) is 5.64. The number of hydrogen-bond donors (Lipinski definition) is 1. The largest absolute Gasteiger partial charge is 0.376 e. The van der Waals surface area contributed by atoms with E-state index in [0.717, 1.165) is 51.3 Å². The first-order valence-electron chi connectivity index (χ1n) is 9.98. The van der Waals surface area contributed by atoms with Crippen molar-refractivity contribution in [2.24, 2.45) is 0 Å². The Morgan fingerprint density at radius 2 is 2.07 bits per heavy atom. The highest BCUT2D eigenvalue weighted by Gasteiger charge is 2.28. The van der Waals surface area contributed by atoms with Gasteiger partial charge in [-0.25, -0.2) is 4.98 Å². The molecule has 1 aliphatic rings. The minimum absolute atomic E-state index is 0.0349. The van der Waals surface area contributed by atoms with Gasteiger partial charge in [0.15, 0.2) is 5.13 Å². The number of rotatable bonds is 4. The van der Waals surface area contributed by atoms with Crippen molar-refractivity contribution in [3.8, 4) is 0 Å². The molecule has 0 saturated carbocycles. The van der Waals surface area contributed by atoms with Crippen molar-refractivity contribution in [3.05, 3.63) is 59.3 Å². The van der Waals surface area contributed by atoms with Crippen LogP contribution in [0.1, 0.15) is 34.3 Å². The van der Waals surface area contributed by atoms with Gasteiger partial charge in [0.2, 0.25) is 0 Å². The van der Waals surface area contributed by atoms with Crippen molar-refractivity contribution >= 4 is 43.5 Å². The van der Waals surface area contributed by atoms with Gasteiger partial charge in [0.25, 0.3) is 5.91 Å². The van der Waals surface area contributed by atoms with E-state index >= 15 is 0 Å². The molecule has 0 spiro atoms. The van der Waals surface area contributed by atoms with Crippen LogP contribution >= 0.6 is 11.3 Å². The lowest BCUT2D eigenvalue weighted by Crippen LogP contribution is -2.37. The normalized spacial score (nSPS) is 16.7. The predicted molar refractivity (Wildman–Crippen MR) is 118 cm³/mol. The molecule has 29 heavy (non-hydrogen) atoms. The molecule has 148 valence electrons. The molecule has 2 aromatic carbocycles. The molecular formula is C23H23N3O2S. The Bertz CT molecular complexity index is 1160. The molecule has 1 saturated heterocycles. The molecule has 0 aliphatic carbocycles. The third kappa shape index (κ3) is 3.22. The number of aromatic amines is 1. The average Bonchev–Trinajstić information content (AvgIpc) is 3.48. The number of H-pyrrole nitrogens is 1. The summed E-state index contributed by atoms with van der Waals surface area (Å²) < 4.78 is 7.00. The summed E-state index contributed by atoms with van der Waals surface area (Å²) in [7, 11) is 0. The zero-order valence-corrected chi connectivity index (χ0v) is 17.4. The fourth-order valence-electron chi connectivity index (χ4n) is 4.00. The van der Waals surface area contributed by atoms with Crippen molar-refractivity contribution in [1.29, 1.82) is 0 Å². The molecule has 1 atom stereocenters. The lowest BCUT2D eigenvalue weighted by molar-refractivity contribution is 0.0919. The van der Waals surface area contributed by atoms with Crippen LogP contribution in [0, 0.1) is 13.8 Å². The summed E-state index contributed by atoms with van der Waals surface area (Å²) in [5, 5.41) is 1.67. The van der Waals surface area contributed by atoms with Crippen LogP contribution in [0.5, 0.6) is 0 Å². The SMILES string of the molecule is Cc1ccc(C)c2sc(N(CC3CCCO3)C(=O)c3c[nH]c4ccccc34)nc12. The quantitative estimate of drug-likeness (QED) is 0.506. The van der Waals surface area contributed by atoms with Crippen molar-refractivity contribution in [3.63, 3.8) is 0 Å². The lowest BCUT2D eigenvalue weighted by atomic mass is 10.1. The molecule has 0 bridgehead atoms. The van der Waals surface area contributed by atoms with Crippen molar-refractivity contribution in [2.75, 3.05) is 18.1 Å². The number of carbonyl (C=O) groups excluding carboxylic acids is 1. The number of nitrogens with one attached hydrogen (secondary N) is 1. The molecule has 0 radical (unpaired) electrons. The van der Waals surface area contributed by atoms with Crippen LogP contribution in [-0.2, 0) is 4.74 Å². The molecule has 1 unspecified atom stereocenters. The number of aromatic nitrogens is 2. The van der Waals surface area contributed by atoms with Gasteiger partial charge in [-0.05, 0) is 43.9 Å². The van der Waals surface area contributed by atoms with Crippen LogP contribution in [0.3, 0.4) is 0 Å². The van der Waals surface area contributed by atoms with Crippen LogP contribution in [0.4, 0.5) is 5.13 Å². The monoisotopic (exact) mass is 405 g/mol. The number of ether oxygens (including phenoxy) is 1. The Balaban J connectivity index is 1.60. The van der Waals surface area contributed by atoms with Gasteiger partial charge in [0, 0.05) is 23.7 Å². The summed E-state index contributed by atoms with van der Waals surface area (Å²) in [6.07, 6.45) is 3.87. The van der Waals surface area contributed by atoms with Crippen molar-refractivity contribution in [1.82, 2.24) is 9.97 Å². The van der Waals surface area contributed by atoms with Gasteiger partial charge in [0.1, 0.15) is 0 Å². The highest BCUT2D eigenvalue weighted by Crippen LogP contribution is 2.35. The maximum Gasteiger partial charge on any atom is 0.262 e. The van der Waals surface area contributed by atoms with E-state index in [4.69, 9.17) is 9.72 Å². The lowest BCUT2D eigenvalue weighted by Gasteiger charge is -2.22. The van der Waals surface area contributed by atoms with Crippen molar-refractivity contribution in [2.45, 2.75) is 32.8 Å². The Hall–Kier alpha value is -2.70. The average molecular weight is 406 g/mol.